The number of hydrogen-bond acceptors (Lipinski definition) is 5. The van der Waals surface area contributed by atoms with Crippen molar-refractivity contribution < 1.29 is 14.6 Å². The molecule has 6 nitrogen and oxygen atoms in total. The van der Waals surface area contributed by atoms with Crippen molar-refractivity contribution in [2.75, 3.05) is 12.4 Å². The molecule has 0 radical (unpaired) electrons. The van der Waals surface area contributed by atoms with Gasteiger partial charge in [0.05, 0.1) is 18.2 Å². The number of methoxy groups -OCH3 is 1. The molecule has 0 unspecified atom stereocenters. The number of nitrogens with zero attached hydrogens (tertiary/aromatic N) is 2. The fourth-order valence-electron chi connectivity index (χ4n) is 3.28. The number of anilines is 1. The third kappa shape index (κ3) is 4.38. The topological polar surface area (TPSA) is 84.3 Å². The summed E-state index contributed by atoms with van der Waals surface area (Å²) >= 11 is 0. The number of aromatic nitrogens is 2. The second kappa shape index (κ2) is 8.67. The molecule has 0 aliphatic carbocycles. The van der Waals surface area contributed by atoms with Gasteiger partial charge in [-0.2, -0.15) is 9.97 Å². The van der Waals surface area contributed by atoms with E-state index in [1.807, 2.05) is 36.4 Å². The van der Waals surface area contributed by atoms with Gasteiger partial charge in [0, 0.05) is 11.9 Å². The van der Waals surface area contributed by atoms with Crippen LogP contribution in [0.25, 0.3) is 28.1 Å². The van der Waals surface area contributed by atoms with Crippen LogP contribution in [-0.4, -0.2) is 28.2 Å². The Balaban J connectivity index is 1.64. The number of fused-ring (bicyclic) bond motifs is 1. The van der Waals surface area contributed by atoms with Crippen LogP contribution >= 0.6 is 0 Å². The van der Waals surface area contributed by atoms with E-state index in [4.69, 9.17) is 9.84 Å². The number of nitrogens with one attached hydrogen (secondary N) is 1. The molecule has 0 saturated carbocycles. The fourth-order valence-corrected chi connectivity index (χ4v) is 3.28. The number of benzene rings is 3. The Morgan fingerprint density at radius 3 is 2.39 bits per heavy atom. The molecule has 31 heavy (non-hydrogen) atoms. The summed E-state index contributed by atoms with van der Waals surface area (Å²) in [6.07, 6.45) is 1.81. The zero-order valence-electron chi connectivity index (χ0n) is 17.0. The molecular weight excluding hydrogens is 390 g/mol. The lowest BCUT2D eigenvalue weighted by Crippen LogP contribution is -2.05. The molecule has 6 heteroatoms. The third-order valence-corrected chi connectivity index (χ3v) is 5.00. The average Bonchev–Trinajstić information content (AvgIpc) is 2.82. The summed E-state index contributed by atoms with van der Waals surface area (Å²) in [5.74, 6) is -0.293. The van der Waals surface area contributed by atoms with Gasteiger partial charge in [0.1, 0.15) is 5.82 Å². The quantitative estimate of drug-likeness (QED) is 0.432. The molecule has 1 heterocycles. The van der Waals surface area contributed by atoms with Crippen LogP contribution < -0.4 is 10.1 Å². The Bertz CT molecular complexity index is 1250. The van der Waals surface area contributed by atoms with E-state index < -0.39 is 5.97 Å². The molecule has 3 aromatic carbocycles. The Hall–Kier alpha value is -4.19. The van der Waals surface area contributed by atoms with Crippen LogP contribution in [0.2, 0.25) is 0 Å². The molecule has 1 aromatic heterocycles. The molecule has 4 aromatic rings. The molecule has 0 fully saturated rings. The van der Waals surface area contributed by atoms with E-state index in [0.29, 0.717) is 12.4 Å². The highest BCUT2D eigenvalue weighted by Crippen LogP contribution is 2.29. The average molecular weight is 411 g/mol. The van der Waals surface area contributed by atoms with Crippen molar-refractivity contribution in [1.29, 1.82) is 0 Å². The molecule has 2 N–H and O–H groups in total. The van der Waals surface area contributed by atoms with E-state index in [2.05, 4.69) is 34.0 Å². The minimum atomic E-state index is -0.944. The van der Waals surface area contributed by atoms with Crippen LogP contribution in [-0.2, 0) is 6.54 Å². The first-order chi connectivity index (χ1) is 15.1. The lowest BCUT2D eigenvalue weighted by Gasteiger charge is -2.12. The summed E-state index contributed by atoms with van der Waals surface area (Å²) in [4.78, 5) is 20.0. The lowest BCUT2D eigenvalue weighted by molar-refractivity contribution is 0.0697. The lowest BCUT2D eigenvalue weighted by atomic mass is 10.0. The zero-order chi connectivity index (χ0) is 21.8. The van der Waals surface area contributed by atoms with Crippen LogP contribution in [0.15, 0.2) is 73.3 Å². The van der Waals surface area contributed by atoms with Crippen LogP contribution in [0, 0.1) is 0 Å². The van der Waals surface area contributed by atoms with Gasteiger partial charge in [-0.1, -0.05) is 55.1 Å². The van der Waals surface area contributed by atoms with Crippen LogP contribution in [0.3, 0.4) is 0 Å². The molecule has 0 spiro atoms. The van der Waals surface area contributed by atoms with Crippen molar-refractivity contribution in [1.82, 2.24) is 9.97 Å². The molecule has 0 bridgehead atoms. The molecule has 0 aliphatic heterocycles. The minimum Gasteiger partial charge on any atom is -0.478 e. The standard InChI is InChI=1S/C25H21N3O3/c1-3-16-4-8-18(9-5-16)20-12-13-21-22(14-20)27-25(31-2)28-23(21)26-15-17-6-10-19(11-7-17)24(29)30/h3-14H,1,15H2,2H3,(H,29,30)(H,26,27,28). The normalized spacial score (nSPS) is 10.6. The molecule has 0 amide bonds. The highest BCUT2D eigenvalue weighted by atomic mass is 16.5. The second-order valence-electron chi connectivity index (χ2n) is 6.97. The number of carboxylic acid groups (broad SMARTS) is 1. The molecule has 0 saturated heterocycles. The van der Waals surface area contributed by atoms with Crippen molar-refractivity contribution in [2.45, 2.75) is 6.54 Å². The third-order valence-electron chi connectivity index (χ3n) is 5.00. The first kappa shape index (κ1) is 20.1. The maximum atomic E-state index is 11.0. The van der Waals surface area contributed by atoms with Crippen molar-refractivity contribution in [3.8, 4) is 17.1 Å². The maximum Gasteiger partial charge on any atom is 0.335 e. The van der Waals surface area contributed by atoms with Crippen molar-refractivity contribution in [2.24, 2.45) is 0 Å². The van der Waals surface area contributed by atoms with Gasteiger partial charge in [-0.3, -0.25) is 0 Å². The first-order valence-electron chi connectivity index (χ1n) is 9.72. The monoisotopic (exact) mass is 411 g/mol. The number of rotatable bonds is 7. The largest absolute Gasteiger partial charge is 0.478 e. The number of carboxylic acids is 1. The van der Waals surface area contributed by atoms with Crippen LogP contribution in [0.4, 0.5) is 5.82 Å². The molecule has 154 valence electrons. The predicted molar refractivity (Wildman–Crippen MR) is 122 cm³/mol. The van der Waals surface area contributed by atoms with E-state index >= 15 is 0 Å². The SMILES string of the molecule is C=Cc1ccc(-c2ccc3c(NCc4ccc(C(=O)O)cc4)nc(OC)nc3c2)cc1. The highest BCUT2D eigenvalue weighted by Gasteiger charge is 2.10. The predicted octanol–water partition coefficient (Wildman–Crippen LogP) is 5.26. The van der Waals surface area contributed by atoms with Crippen molar-refractivity contribution in [3.63, 3.8) is 0 Å². The Morgan fingerprint density at radius 1 is 1.03 bits per heavy atom. The summed E-state index contributed by atoms with van der Waals surface area (Å²) in [7, 11) is 1.54. The van der Waals surface area contributed by atoms with E-state index in [1.54, 1.807) is 24.3 Å². The van der Waals surface area contributed by atoms with E-state index in [0.717, 1.165) is 33.2 Å². The Morgan fingerprint density at radius 2 is 1.74 bits per heavy atom. The summed E-state index contributed by atoms with van der Waals surface area (Å²) in [5.41, 5.74) is 5.15. The summed E-state index contributed by atoms with van der Waals surface area (Å²) in [6, 6.07) is 21.2. The van der Waals surface area contributed by atoms with Gasteiger partial charge >= 0.3 is 12.0 Å². The van der Waals surface area contributed by atoms with Gasteiger partial charge in [-0.05, 0) is 46.5 Å². The second-order valence-corrected chi connectivity index (χ2v) is 6.97. The first-order valence-corrected chi connectivity index (χ1v) is 9.72. The summed E-state index contributed by atoms with van der Waals surface area (Å²) in [5, 5.41) is 13.2. The van der Waals surface area contributed by atoms with E-state index in [9.17, 15) is 4.79 Å². The summed E-state index contributed by atoms with van der Waals surface area (Å²) < 4.78 is 5.29. The summed E-state index contributed by atoms with van der Waals surface area (Å²) in [6.45, 7) is 4.28. The fraction of sp³-hybridized carbons (Fsp3) is 0.0800. The van der Waals surface area contributed by atoms with E-state index in [-0.39, 0.29) is 11.6 Å². The van der Waals surface area contributed by atoms with Gasteiger partial charge in [-0.15, -0.1) is 0 Å². The van der Waals surface area contributed by atoms with Gasteiger partial charge in [0.25, 0.3) is 0 Å². The van der Waals surface area contributed by atoms with Crippen molar-refractivity contribution in [3.05, 3.63) is 90.0 Å². The van der Waals surface area contributed by atoms with E-state index in [1.165, 1.54) is 7.11 Å². The molecule has 0 aliphatic rings. The Kier molecular flexibility index (Phi) is 5.62. The number of ether oxygens (including phenoxy) is 1. The van der Waals surface area contributed by atoms with Gasteiger partial charge in [0.2, 0.25) is 0 Å². The maximum absolute atomic E-state index is 11.0. The molecular formula is C25H21N3O3. The molecule has 0 atom stereocenters. The molecule has 4 rings (SSSR count). The number of aromatic carboxylic acids is 1. The van der Waals surface area contributed by atoms with Gasteiger partial charge in [0.15, 0.2) is 0 Å². The Labute approximate surface area is 179 Å². The zero-order valence-corrected chi connectivity index (χ0v) is 17.0. The number of carbonyl (C=O) groups is 1. The van der Waals surface area contributed by atoms with Gasteiger partial charge in [-0.25, -0.2) is 4.79 Å². The van der Waals surface area contributed by atoms with Crippen LogP contribution in [0.1, 0.15) is 21.5 Å². The smallest absolute Gasteiger partial charge is 0.335 e. The highest BCUT2D eigenvalue weighted by molar-refractivity contribution is 5.92. The van der Waals surface area contributed by atoms with Gasteiger partial charge < -0.3 is 15.2 Å². The minimum absolute atomic E-state index is 0.256. The van der Waals surface area contributed by atoms with Crippen molar-refractivity contribution >= 4 is 28.8 Å². The number of hydrogen-bond donors (Lipinski definition) is 2. The van der Waals surface area contributed by atoms with Crippen LogP contribution in [0.5, 0.6) is 6.01 Å².